The lowest BCUT2D eigenvalue weighted by Crippen LogP contribution is -2.32. The fourth-order valence-corrected chi connectivity index (χ4v) is 3.30. The molecule has 2 rings (SSSR count). The standard InChI is InChI=1S/C17H28N2/c1-4-17(5-2)9-10-19(13-17)12-16(18)15-8-6-7-14(3)11-15/h6-8,11,16H,4-5,9-10,12-13,18H2,1-3H3. The molecule has 0 radical (unpaired) electrons. The predicted octanol–water partition coefficient (Wildman–Crippen LogP) is 3.51. The van der Waals surface area contributed by atoms with E-state index in [-0.39, 0.29) is 6.04 Å². The first-order chi connectivity index (χ1) is 9.08. The second-order valence-electron chi connectivity index (χ2n) is 6.21. The summed E-state index contributed by atoms with van der Waals surface area (Å²) < 4.78 is 0. The summed E-state index contributed by atoms with van der Waals surface area (Å²) in [7, 11) is 0. The number of likely N-dealkylation sites (tertiary alicyclic amines) is 1. The Morgan fingerprint density at radius 3 is 2.63 bits per heavy atom. The zero-order valence-corrected chi connectivity index (χ0v) is 12.7. The molecule has 1 aliphatic heterocycles. The van der Waals surface area contributed by atoms with Crippen molar-refractivity contribution in [1.29, 1.82) is 0 Å². The van der Waals surface area contributed by atoms with Crippen LogP contribution in [0, 0.1) is 12.3 Å². The lowest BCUT2D eigenvalue weighted by atomic mass is 9.82. The molecule has 2 N–H and O–H groups in total. The molecule has 1 saturated heterocycles. The molecule has 0 spiro atoms. The van der Waals surface area contributed by atoms with E-state index in [1.165, 1.54) is 43.5 Å². The quantitative estimate of drug-likeness (QED) is 0.878. The third kappa shape index (κ3) is 3.37. The molecular weight excluding hydrogens is 232 g/mol. The van der Waals surface area contributed by atoms with Gasteiger partial charge in [0.25, 0.3) is 0 Å². The first kappa shape index (κ1) is 14.5. The van der Waals surface area contributed by atoms with Crippen molar-refractivity contribution in [2.24, 2.45) is 11.1 Å². The largest absolute Gasteiger partial charge is 0.323 e. The Morgan fingerprint density at radius 1 is 1.32 bits per heavy atom. The van der Waals surface area contributed by atoms with E-state index in [1.807, 2.05) is 0 Å². The van der Waals surface area contributed by atoms with Crippen LogP contribution in [-0.2, 0) is 0 Å². The van der Waals surface area contributed by atoms with Crippen LogP contribution in [0.3, 0.4) is 0 Å². The molecule has 0 bridgehead atoms. The number of rotatable bonds is 5. The van der Waals surface area contributed by atoms with Gasteiger partial charge in [0.05, 0.1) is 0 Å². The maximum absolute atomic E-state index is 6.37. The minimum atomic E-state index is 0.143. The molecule has 0 saturated carbocycles. The molecule has 1 aromatic carbocycles. The van der Waals surface area contributed by atoms with Gasteiger partial charge in [0, 0.05) is 19.1 Å². The third-order valence-corrected chi connectivity index (χ3v) is 4.94. The summed E-state index contributed by atoms with van der Waals surface area (Å²) in [5.41, 5.74) is 9.49. The van der Waals surface area contributed by atoms with Gasteiger partial charge in [-0.05, 0) is 43.7 Å². The Balaban J connectivity index is 1.95. The Labute approximate surface area is 118 Å². The smallest absolute Gasteiger partial charge is 0.0424 e. The lowest BCUT2D eigenvalue weighted by molar-refractivity contribution is 0.233. The van der Waals surface area contributed by atoms with E-state index >= 15 is 0 Å². The van der Waals surface area contributed by atoms with Crippen molar-refractivity contribution in [1.82, 2.24) is 4.90 Å². The second-order valence-corrected chi connectivity index (χ2v) is 6.21. The van der Waals surface area contributed by atoms with Crippen LogP contribution in [0.1, 0.15) is 50.3 Å². The van der Waals surface area contributed by atoms with E-state index in [9.17, 15) is 0 Å². The maximum atomic E-state index is 6.37. The van der Waals surface area contributed by atoms with Crippen LogP contribution in [0.4, 0.5) is 0 Å². The van der Waals surface area contributed by atoms with Crippen molar-refractivity contribution in [3.63, 3.8) is 0 Å². The summed E-state index contributed by atoms with van der Waals surface area (Å²) in [6, 6.07) is 8.75. The number of benzene rings is 1. The summed E-state index contributed by atoms with van der Waals surface area (Å²) in [6.45, 7) is 10.2. The van der Waals surface area contributed by atoms with Gasteiger partial charge in [-0.3, -0.25) is 0 Å². The van der Waals surface area contributed by atoms with E-state index in [1.54, 1.807) is 0 Å². The molecule has 1 aromatic rings. The van der Waals surface area contributed by atoms with Gasteiger partial charge in [0.1, 0.15) is 0 Å². The summed E-state index contributed by atoms with van der Waals surface area (Å²) in [4.78, 5) is 2.56. The highest BCUT2D eigenvalue weighted by Gasteiger charge is 2.35. The summed E-state index contributed by atoms with van der Waals surface area (Å²) in [5, 5.41) is 0. The van der Waals surface area contributed by atoms with Crippen LogP contribution in [0.25, 0.3) is 0 Å². The Bertz CT molecular complexity index is 409. The minimum absolute atomic E-state index is 0.143. The monoisotopic (exact) mass is 260 g/mol. The Morgan fingerprint density at radius 2 is 2.05 bits per heavy atom. The number of aryl methyl sites for hydroxylation is 1. The van der Waals surface area contributed by atoms with Crippen molar-refractivity contribution in [2.45, 2.75) is 46.1 Å². The number of nitrogens with zero attached hydrogens (tertiary/aromatic N) is 1. The normalized spacial score (nSPS) is 20.6. The highest BCUT2D eigenvalue weighted by Crippen LogP contribution is 2.37. The number of hydrogen-bond acceptors (Lipinski definition) is 2. The van der Waals surface area contributed by atoms with E-state index in [0.717, 1.165) is 6.54 Å². The Hall–Kier alpha value is -0.860. The summed E-state index contributed by atoms with van der Waals surface area (Å²) >= 11 is 0. The highest BCUT2D eigenvalue weighted by atomic mass is 15.2. The van der Waals surface area contributed by atoms with Gasteiger partial charge in [0.2, 0.25) is 0 Å². The topological polar surface area (TPSA) is 29.3 Å². The maximum Gasteiger partial charge on any atom is 0.0424 e. The van der Waals surface area contributed by atoms with E-state index in [4.69, 9.17) is 5.73 Å². The average molecular weight is 260 g/mol. The van der Waals surface area contributed by atoms with Crippen LogP contribution in [0.15, 0.2) is 24.3 Å². The molecule has 19 heavy (non-hydrogen) atoms. The van der Waals surface area contributed by atoms with Gasteiger partial charge in [-0.2, -0.15) is 0 Å². The molecule has 2 heteroatoms. The molecule has 1 aliphatic rings. The fourth-order valence-electron chi connectivity index (χ4n) is 3.30. The van der Waals surface area contributed by atoms with Crippen molar-refractivity contribution in [2.75, 3.05) is 19.6 Å². The van der Waals surface area contributed by atoms with Crippen molar-refractivity contribution < 1.29 is 0 Å². The van der Waals surface area contributed by atoms with Gasteiger partial charge in [-0.15, -0.1) is 0 Å². The number of hydrogen-bond donors (Lipinski definition) is 1. The van der Waals surface area contributed by atoms with Crippen LogP contribution >= 0.6 is 0 Å². The van der Waals surface area contributed by atoms with Gasteiger partial charge in [0.15, 0.2) is 0 Å². The van der Waals surface area contributed by atoms with Crippen LogP contribution in [-0.4, -0.2) is 24.5 Å². The van der Waals surface area contributed by atoms with Gasteiger partial charge >= 0.3 is 0 Å². The summed E-state index contributed by atoms with van der Waals surface area (Å²) in [6.07, 6.45) is 3.92. The first-order valence-corrected chi connectivity index (χ1v) is 7.63. The summed E-state index contributed by atoms with van der Waals surface area (Å²) in [5.74, 6) is 0. The SMILES string of the molecule is CCC1(CC)CCN(CC(N)c2cccc(C)c2)C1. The molecule has 1 unspecified atom stereocenters. The zero-order valence-electron chi connectivity index (χ0n) is 12.7. The van der Waals surface area contributed by atoms with Gasteiger partial charge < -0.3 is 10.6 Å². The molecule has 2 nitrogen and oxygen atoms in total. The van der Waals surface area contributed by atoms with Crippen LogP contribution < -0.4 is 5.73 Å². The third-order valence-electron chi connectivity index (χ3n) is 4.94. The fraction of sp³-hybridized carbons (Fsp3) is 0.647. The molecule has 1 fully saturated rings. The van der Waals surface area contributed by atoms with E-state index < -0.39 is 0 Å². The van der Waals surface area contributed by atoms with Gasteiger partial charge in [-0.1, -0.05) is 43.7 Å². The van der Waals surface area contributed by atoms with Crippen LogP contribution in [0.5, 0.6) is 0 Å². The van der Waals surface area contributed by atoms with Crippen molar-refractivity contribution in [3.8, 4) is 0 Å². The number of nitrogens with two attached hydrogens (primary N) is 1. The van der Waals surface area contributed by atoms with E-state index in [0.29, 0.717) is 5.41 Å². The Kier molecular flexibility index (Phi) is 4.64. The molecule has 0 amide bonds. The van der Waals surface area contributed by atoms with Crippen molar-refractivity contribution in [3.05, 3.63) is 35.4 Å². The molecule has 0 aromatic heterocycles. The molecular formula is C17H28N2. The minimum Gasteiger partial charge on any atom is -0.323 e. The molecule has 106 valence electrons. The highest BCUT2D eigenvalue weighted by molar-refractivity contribution is 5.25. The first-order valence-electron chi connectivity index (χ1n) is 7.63. The zero-order chi connectivity index (χ0) is 13.9. The average Bonchev–Trinajstić information content (AvgIpc) is 2.83. The van der Waals surface area contributed by atoms with Crippen molar-refractivity contribution >= 4 is 0 Å². The second kappa shape index (κ2) is 6.06. The van der Waals surface area contributed by atoms with Gasteiger partial charge in [-0.25, -0.2) is 0 Å². The van der Waals surface area contributed by atoms with Crippen LogP contribution in [0.2, 0.25) is 0 Å². The molecule has 1 atom stereocenters. The molecule has 1 heterocycles. The van der Waals surface area contributed by atoms with E-state index in [2.05, 4.69) is 49.9 Å². The lowest BCUT2D eigenvalue weighted by Gasteiger charge is -2.27. The predicted molar refractivity (Wildman–Crippen MR) is 82.2 cm³/mol. The molecule has 0 aliphatic carbocycles.